The SMILES string of the molecule is c1ccc(-c2cc3c4c(c2)S(c2ccccc2)(c2ccccc2)c2ccccc2B4c2ccccc2N3c2ccccc2)cc1. The van der Waals surface area contributed by atoms with E-state index in [1.54, 1.807) is 0 Å². The molecule has 7 aromatic carbocycles. The normalized spacial score (nSPS) is 14.6. The van der Waals surface area contributed by atoms with E-state index in [2.05, 4.69) is 187 Å². The summed E-state index contributed by atoms with van der Waals surface area (Å²) in [5, 5.41) is 0. The molecule has 0 unspecified atom stereocenters. The van der Waals surface area contributed by atoms with Crippen molar-refractivity contribution in [3.8, 4) is 11.1 Å². The largest absolute Gasteiger partial charge is 0.311 e. The average molecular weight is 592 g/mol. The summed E-state index contributed by atoms with van der Waals surface area (Å²) in [6, 6.07) is 67.6. The highest BCUT2D eigenvalue weighted by Gasteiger charge is 2.49. The van der Waals surface area contributed by atoms with Crippen molar-refractivity contribution in [2.24, 2.45) is 0 Å². The molecule has 3 heteroatoms. The van der Waals surface area contributed by atoms with Crippen molar-refractivity contribution in [2.45, 2.75) is 19.6 Å². The first-order valence-electron chi connectivity index (χ1n) is 15.6. The zero-order valence-corrected chi connectivity index (χ0v) is 25.6. The van der Waals surface area contributed by atoms with Crippen LogP contribution in [0.1, 0.15) is 0 Å². The second-order valence-electron chi connectivity index (χ2n) is 11.7. The van der Waals surface area contributed by atoms with Crippen LogP contribution in [0.2, 0.25) is 0 Å². The lowest BCUT2D eigenvalue weighted by atomic mass is 9.35. The predicted molar refractivity (Wildman–Crippen MR) is 191 cm³/mol. The highest BCUT2D eigenvalue weighted by molar-refractivity contribution is 8.34. The molecule has 0 aromatic heterocycles. The van der Waals surface area contributed by atoms with E-state index in [0.717, 1.165) is 0 Å². The second-order valence-corrected chi connectivity index (χ2v) is 14.8. The molecule has 9 rings (SSSR count). The first-order valence-corrected chi connectivity index (χ1v) is 17.2. The Bertz CT molecular complexity index is 2130. The molecule has 2 heterocycles. The van der Waals surface area contributed by atoms with Crippen LogP contribution in [0.15, 0.2) is 202 Å². The molecule has 0 amide bonds. The summed E-state index contributed by atoms with van der Waals surface area (Å²) in [4.78, 5) is 8.08. The quantitative estimate of drug-likeness (QED) is 0.184. The fourth-order valence-corrected chi connectivity index (χ4v) is 11.9. The van der Waals surface area contributed by atoms with Gasteiger partial charge in [-0.2, -0.15) is 0 Å². The van der Waals surface area contributed by atoms with Gasteiger partial charge >= 0.3 is 0 Å². The van der Waals surface area contributed by atoms with Gasteiger partial charge in [-0.05, 0) is 87.6 Å². The maximum atomic E-state index is 2.53. The van der Waals surface area contributed by atoms with Gasteiger partial charge in [0.25, 0.3) is 0 Å². The Morgan fingerprint density at radius 3 is 1.60 bits per heavy atom. The van der Waals surface area contributed by atoms with E-state index in [-0.39, 0.29) is 6.71 Å². The Morgan fingerprint density at radius 2 is 0.933 bits per heavy atom. The lowest BCUT2D eigenvalue weighted by molar-refractivity contribution is 1.22. The second kappa shape index (κ2) is 10.4. The first kappa shape index (κ1) is 26.2. The van der Waals surface area contributed by atoms with E-state index in [4.69, 9.17) is 0 Å². The molecule has 45 heavy (non-hydrogen) atoms. The Kier molecular flexibility index (Phi) is 6.07. The van der Waals surface area contributed by atoms with Crippen LogP contribution >= 0.6 is 10.0 Å². The highest BCUT2D eigenvalue weighted by atomic mass is 32.3. The van der Waals surface area contributed by atoms with E-state index < -0.39 is 10.0 Å². The number of hydrogen-bond acceptors (Lipinski definition) is 1. The Balaban J connectivity index is 1.50. The zero-order valence-electron chi connectivity index (χ0n) is 24.8. The number of nitrogens with zero attached hydrogens (tertiary/aromatic N) is 1. The molecule has 0 saturated heterocycles. The van der Waals surface area contributed by atoms with Crippen LogP contribution in [-0.4, -0.2) is 6.71 Å². The van der Waals surface area contributed by atoms with Gasteiger partial charge in [0.05, 0.1) is 0 Å². The smallest absolute Gasteiger partial charge is 0.249 e. The molecular formula is C42H30BNS. The van der Waals surface area contributed by atoms with Crippen molar-refractivity contribution in [2.75, 3.05) is 4.90 Å². The predicted octanol–water partition coefficient (Wildman–Crippen LogP) is 9.31. The lowest BCUT2D eigenvalue weighted by Crippen LogP contribution is -2.61. The Labute approximate surface area is 266 Å². The van der Waals surface area contributed by atoms with Crippen LogP contribution in [0.5, 0.6) is 0 Å². The van der Waals surface area contributed by atoms with Crippen LogP contribution < -0.4 is 21.3 Å². The molecule has 7 aromatic rings. The molecule has 0 radical (unpaired) electrons. The third kappa shape index (κ3) is 3.84. The number of rotatable bonds is 4. The fourth-order valence-electron chi connectivity index (χ4n) is 7.55. The van der Waals surface area contributed by atoms with Crippen molar-refractivity contribution in [1.82, 2.24) is 0 Å². The topological polar surface area (TPSA) is 3.24 Å². The van der Waals surface area contributed by atoms with Crippen molar-refractivity contribution in [3.05, 3.63) is 182 Å². The van der Waals surface area contributed by atoms with E-state index in [9.17, 15) is 0 Å². The first-order chi connectivity index (χ1) is 22.4. The maximum Gasteiger partial charge on any atom is 0.249 e. The molecule has 0 fully saturated rings. The molecule has 212 valence electrons. The van der Waals surface area contributed by atoms with Crippen LogP contribution in [-0.2, 0) is 0 Å². The summed E-state index contributed by atoms with van der Waals surface area (Å²) in [7, 11) is -1.87. The minimum absolute atomic E-state index is 0.125. The molecule has 0 saturated carbocycles. The number of benzene rings is 7. The van der Waals surface area contributed by atoms with Gasteiger partial charge in [0.1, 0.15) is 0 Å². The van der Waals surface area contributed by atoms with E-state index in [1.807, 2.05) is 0 Å². The average Bonchev–Trinajstić information content (AvgIpc) is 3.13. The van der Waals surface area contributed by atoms with E-state index in [0.29, 0.717) is 0 Å². The standard InChI is InChI=1S/C42H30BNS/c1-5-17-31(18-6-1)32-29-39-42-41(30-32)45(34-21-9-3-10-22-34,35-23-11-4-12-24-35)40-28-16-14-26-37(40)43(42)36-25-13-15-27-38(36)44(39)33-19-7-2-8-20-33/h1-30H. The van der Waals surface area contributed by atoms with Crippen molar-refractivity contribution in [3.63, 3.8) is 0 Å². The number of anilines is 3. The highest BCUT2D eigenvalue weighted by Crippen LogP contribution is 2.74. The minimum Gasteiger partial charge on any atom is -0.311 e. The van der Waals surface area contributed by atoms with Gasteiger partial charge in [-0.15, -0.1) is 10.0 Å². The van der Waals surface area contributed by atoms with E-state index in [1.165, 1.54) is 64.2 Å². The third-order valence-corrected chi connectivity index (χ3v) is 13.3. The Hall–Kier alpha value is -5.25. The van der Waals surface area contributed by atoms with Gasteiger partial charge in [-0.1, -0.05) is 127 Å². The summed E-state index contributed by atoms with van der Waals surface area (Å²) in [6.07, 6.45) is 0. The molecule has 0 bridgehead atoms. The fraction of sp³-hybridized carbons (Fsp3) is 0. The molecular weight excluding hydrogens is 561 g/mol. The van der Waals surface area contributed by atoms with Gasteiger partial charge in [0.15, 0.2) is 0 Å². The summed E-state index contributed by atoms with van der Waals surface area (Å²) in [5.41, 5.74) is 10.3. The van der Waals surface area contributed by atoms with Crippen molar-refractivity contribution >= 4 is 50.2 Å². The molecule has 0 spiro atoms. The van der Waals surface area contributed by atoms with Gasteiger partial charge in [0.2, 0.25) is 6.71 Å². The molecule has 0 atom stereocenters. The van der Waals surface area contributed by atoms with Crippen LogP contribution in [0, 0.1) is 0 Å². The Morgan fingerprint density at radius 1 is 0.400 bits per heavy atom. The van der Waals surface area contributed by atoms with Crippen molar-refractivity contribution in [1.29, 1.82) is 0 Å². The summed E-state index contributed by atoms with van der Waals surface area (Å²) < 4.78 is 0. The van der Waals surface area contributed by atoms with Crippen molar-refractivity contribution < 1.29 is 0 Å². The van der Waals surface area contributed by atoms with Crippen LogP contribution in [0.4, 0.5) is 17.1 Å². The number of hydrogen-bond donors (Lipinski definition) is 0. The maximum absolute atomic E-state index is 2.53. The molecule has 0 aliphatic carbocycles. The summed E-state index contributed by atoms with van der Waals surface area (Å²) in [6.45, 7) is 0.125. The molecule has 2 aliphatic heterocycles. The van der Waals surface area contributed by atoms with Crippen LogP contribution in [0.25, 0.3) is 11.1 Å². The molecule has 0 N–H and O–H groups in total. The van der Waals surface area contributed by atoms with Gasteiger partial charge in [-0.3, -0.25) is 0 Å². The van der Waals surface area contributed by atoms with Gasteiger partial charge in [0, 0.05) is 31.7 Å². The van der Waals surface area contributed by atoms with Gasteiger partial charge < -0.3 is 4.90 Å². The minimum atomic E-state index is -1.87. The van der Waals surface area contributed by atoms with E-state index >= 15 is 0 Å². The third-order valence-electron chi connectivity index (χ3n) is 9.34. The number of para-hydroxylation sites is 2. The molecule has 1 nitrogen and oxygen atoms in total. The zero-order chi connectivity index (χ0) is 29.8. The van der Waals surface area contributed by atoms with Crippen LogP contribution in [0.3, 0.4) is 0 Å². The lowest BCUT2D eigenvalue weighted by Gasteiger charge is -2.51. The number of fused-ring (bicyclic) bond motifs is 4. The summed E-state index contributed by atoms with van der Waals surface area (Å²) in [5.74, 6) is 0. The summed E-state index contributed by atoms with van der Waals surface area (Å²) >= 11 is 0. The van der Waals surface area contributed by atoms with Gasteiger partial charge in [-0.25, -0.2) is 0 Å². The molecule has 2 aliphatic rings. The monoisotopic (exact) mass is 591 g/mol.